The van der Waals surface area contributed by atoms with Crippen LogP contribution in [0.15, 0.2) is 5.16 Å². The summed E-state index contributed by atoms with van der Waals surface area (Å²) in [7, 11) is 0. The van der Waals surface area contributed by atoms with Gasteiger partial charge in [-0.2, -0.15) is 0 Å². The van der Waals surface area contributed by atoms with Gasteiger partial charge in [-0.05, 0) is 27.7 Å². The van der Waals surface area contributed by atoms with E-state index in [-0.39, 0.29) is 23.6 Å². The Kier molecular flexibility index (Phi) is 6.37. The van der Waals surface area contributed by atoms with E-state index in [1.165, 1.54) is 15.9 Å². The zero-order valence-corrected chi connectivity index (χ0v) is 16.0. The number of anilines is 2. The van der Waals surface area contributed by atoms with Crippen molar-refractivity contribution < 1.29 is 14.3 Å². The highest BCUT2D eigenvalue weighted by Crippen LogP contribution is 2.26. The standard InChI is InChI=1S/C14H20N6O3S2/c1-5-23-10(21)6-24-14-19-18-12(15)20(14)8(3)11(22)17-13-16-7(2)9(4)25-13/h8H,5-6H2,1-4H3,(H2,15,18)(H,16,17,22). The number of amides is 1. The Morgan fingerprint density at radius 1 is 1.40 bits per heavy atom. The van der Waals surface area contributed by atoms with Gasteiger partial charge in [-0.3, -0.25) is 14.2 Å². The molecule has 2 rings (SSSR count). The molecule has 11 heteroatoms. The first-order chi connectivity index (χ1) is 11.8. The first kappa shape index (κ1) is 19.2. The van der Waals surface area contributed by atoms with Crippen LogP contribution in [0.5, 0.6) is 0 Å². The second-order valence-corrected chi connectivity index (χ2v) is 7.28. The number of carbonyl (C=O) groups is 2. The number of carbonyl (C=O) groups excluding carboxylic acids is 2. The van der Waals surface area contributed by atoms with E-state index in [0.717, 1.165) is 22.3 Å². The van der Waals surface area contributed by atoms with Crippen LogP contribution in [0.1, 0.15) is 30.5 Å². The van der Waals surface area contributed by atoms with Crippen molar-refractivity contribution in [3.63, 3.8) is 0 Å². The Morgan fingerprint density at radius 2 is 2.12 bits per heavy atom. The molecule has 1 amide bonds. The molecule has 0 aliphatic rings. The summed E-state index contributed by atoms with van der Waals surface area (Å²) in [6, 6.07) is -0.663. The number of hydrogen-bond acceptors (Lipinski definition) is 9. The number of aromatic nitrogens is 4. The average Bonchev–Trinajstić information content (AvgIpc) is 3.07. The topological polar surface area (TPSA) is 125 Å². The smallest absolute Gasteiger partial charge is 0.316 e. The number of nitrogens with one attached hydrogen (secondary N) is 1. The normalized spacial score (nSPS) is 12.0. The summed E-state index contributed by atoms with van der Waals surface area (Å²) in [5.41, 5.74) is 6.71. The number of hydrogen-bond donors (Lipinski definition) is 2. The van der Waals surface area contributed by atoms with E-state index in [9.17, 15) is 9.59 Å². The van der Waals surface area contributed by atoms with Crippen LogP contribution < -0.4 is 11.1 Å². The lowest BCUT2D eigenvalue weighted by atomic mass is 10.3. The summed E-state index contributed by atoms with van der Waals surface area (Å²) in [6.07, 6.45) is 0. The fourth-order valence-corrected chi connectivity index (χ4v) is 3.57. The lowest BCUT2D eigenvalue weighted by Crippen LogP contribution is -2.25. The number of thioether (sulfide) groups is 1. The highest BCUT2D eigenvalue weighted by Gasteiger charge is 2.23. The largest absolute Gasteiger partial charge is 0.465 e. The molecule has 0 aliphatic heterocycles. The Hall–Kier alpha value is -2.14. The molecule has 0 bridgehead atoms. The molecule has 136 valence electrons. The van der Waals surface area contributed by atoms with E-state index >= 15 is 0 Å². The Balaban J connectivity index is 2.09. The van der Waals surface area contributed by atoms with E-state index in [1.54, 1.807) is 13.8 Å². The molecular weight excluding hydrogens is 364 g/mol. The van der Waals surface area contributed by atoms with Crippen LogP contribution in [0.2, 0.25) is 0 Å². The third-order valence-electron chi connectivity index (χ3n) is 3.34. The first-order valence-corrected chi connectivity index (χ1v) is 9.37. The number of nitrogens with two attached hydrogens (primary N) is 1. The minimum absolute atomic E-state index is 0.0607. The van der Waals surface area contributed by atoms with Gasteiger partial charge in [0.15, 0.2) is 10.3 Å². The van der Waals surface area contributed by atoms with Gasteiger partial charge >= 0.3 is 5.97 Å². The third-order valence-corrected chi connectivity index (χ3v) is 5.25. The molecule has 1 unspecified atom stereocenters. The number of ether oxygens (including phenoxy) is 1. The monoisotopic (exact) mass is 384 g/mol. The fraction of sp³-hybridized carbons (Fsp3) is 0.500. The molecule has 2 aromatic heterocycles. The highest BCUT2D eigenvalue weighted by molar-refractivity contribution is 7.99. The third kappa shape index (κ3) is 4.69. The Labute approximate surface area is 153 Å². The Morgan fingerprint density at radius 3 is 2.72 bits per heavy atom. The second-order valence-electron chi connectivity index (χ2n) is 5.13. The van der Waals surface area contributed by atoms with Crippen LogP contribution in [0, 0.1) is 13.8 Å². The van der Waals surface area contributed by atoms with Gasteiger partial charge < -0.3 is 15.8 Å². The molecular formula is C14H20N6O3S2. The molecule has 0 aliphatic carbocycles. The molecule has 3 N–H and O–H groups in total. The lowest BCUT2D eigenvalue weighted by molar-refractivity contribution is -0.139. The second kappa shape index (κ2) is 8.30. The minimum atomic E-state index is -0.663. The number of nitrogen functional groups attached to an aromatic ring is 1. The molecule has 0 aromatic carbocycles. The number of esters is 1. The molecule has 25 heavy (non-hydrogen) atoms. The molecule has 9 nitrogen and oxygen atoms in total. The van der Waals surface area contributed by atoms with Crippen LogP contribution in [0.25, 0.3) is 0 Å². The molecule has 0 saturated carbocycles. The average molecular weight is 384 g/mol. The molecule has 0 radical (unpaired) electrons. The van der Waals surface area contributed by atoms with Crippen molar-refractivity contribution in [3.05, 3.63) is 10.6 Å². The van der Waals surface area contributed by atoms with Crippen molar-refractivity contribution in [2.75, 3.05) is 23.4 Å². The van der Waals surface area contributed by atoms with Crippen LogP contribution in [-0.4, -0.2) is 44.0 Å². The van der Waals surface area contributed by atoms with Gasteiger partial charge in [0.25, 0.3) is 0 Å². The zero-order chi connectivity index (χ0) is 18.6. The van der Waals surface area contributed by atoms with Gasteiger partial charge in [-0.25, -0.2) is 4.98 Å². The molecule has 0 spiro atoms. The summed E-state index contributed by atoms with van der Waals surface area (Å²) >= 11 is 2.52. The highest BCUT2D eigenvalue weighted by atomic mass is 32.2. The van der Waals surface area contributed by atoms with E-state index < -0.39 is 6.04 Å². The minimum Gasteiger partial charge on any atom is -0.465 e. The summed E-state index contributed by atoms with van der Waals surface area (Å²) in [4.78, 5) is 29.3. The summed E-state index contributed by atoms with van der Waals surface area (Å²) < 4.78 is 6.35. The SMILES string of the molecule is CCOC(=O)CSc1nnc(N)n1C(C)C(=O)Nc1nc(C)c(C)s1. The Bertz CT molecular complexity index is 753. The quantitative estimate of drug-likeness (QED) is 0.547. The van der Waals surface area contributed by atoms with Crippen LogP contribution in [0.3, 0.4) is 0 Å². The summed E-state index contributed by atoms with van der Waals surface area (Å²) in [5, 5.41) is 11.4. The predicted molar refractivity (Wildman–Crippen MR) is 96.7 cm³/mol. The number of nitrogens with zero attached hydrogens (tertiary/aromatic N) is 4. The fourth-order valence-electron chi connectivity index (χ4n) is 1.93. The van der Waals surface area contributed by atoms with Crippen molar-refractivity contribution in [2.45, 2.75) is 38.9 Å². The number of thiazole rings is 1. The molecule has 0 fully saturated rings. The summed E-state index contributed by atoms with van der Waals surface area (Å²) in [6.45, 7) is 7.54. The summed E-state index contributed by atoms with van der Waals surface area (Å²) in [5.74, 6) is -0.504. The number of aryl methyl sites for hydroxylation is 2. The van der Waals surface area contributed by atoms with Gasteiger partial charge in [0, 0.05) is 4.88 Å². The molecule has 1 atom stereocenters. The van der Waals surface area contributed by atoms with Gasteiger partial charge in [-0.1, -0.05) is 11.8 Å². The molecule has 2 heterocycles. The van der Waals surface area contributed by atoms with Crippen molar-refractivity contribution >= 4 is 46.1 Å². The molecule has 2 aromatic rings. The van der Waals surface area contributed by atoms with Crippen molar-refractivity contribution in [2.24, 2.45) is 0 Å². The maximum atomic E-state index is 12.5. The van der Waals surface area contributed by atoms with E-state index in [1.807, 2.05) is 13.8 Å². The van der Waals surface area contributed by atoms with Crippen molar-refractivity contribution in [1.29, 1.82) is 0 Å². The van der Waals surface area contributed by atoms with Gasteiger partial charge in [-0.15, -0.1) is 21.5 Å². The van der Waals surface area contributed by atoms with Gasteiger partial charge in [0.2, 0.25) is 11.9 Å². The van der Waals surface area contributed by atoms with Crippen molar-refractivity contribution in [1.82, 2.24) is 19.7 Å². The molecule has 0 saturated heterocycles. The van der Waals surface area contributed by atoms with Gasteiger partial charge in [0.1, 0.15) is 6.04 Å². The van der Waals surface area contributed by atoms with E-state index in [2.05, 4.69) is 20.5 Å². The van der Waals surface area contributed by atoms with Crippen LogP contribution >= 0.6 is 23.1 Å². The van der Waals surface area contributed by atoms with Crippen molar-refractivity contribution in [3.8, 4) is 0 Å². The van der Waals surface area contributed by atoms with Crippen LogP contribution in [-0.2, 0) is 14.3 Å². The predicted octanol–water partition coefficient (Wildman–Crippen LogP) is 1.79. The van der Waals surface area contributed by atoms with E-state index in [4.69, 9.17) is 10.5 Å². The lowest BCUT2D eigenvalue weighted by Gasteiger charge is -2.15. The maximum Gasteiger partial charge on any atom is 0.316 e. The van der Waals surface area contributed by atoms with E-state index in [0.29, 0.717) is 16.9 Å². The first-order valence-electron chi connectivity index (χ1n) is 7.57. The zero-order valence-electron chi connectivity index (χ0n) is 14.4. The van der Waals surface area contributed by atoms with Gasteiger partial charge in [0.05, 0.1) is 18.1 Å². The number of rotatable bonds is 7. The van der Waals surface area contributed by atoms with Crippen LogP contribution in [0.4, 0.5) is 11.1 Å². The maximum absolute atomic E-state index is 12.5.